The summed E-state index contributed by atoms with van der Waals surface area (Å²) in [7, 11) is -3.90. The van der Waals surface area contributed by atoms with Crippen LogP contribution in [0.15, 0.2) is 52.3 Å². The number of fused-ring (bicyclic) bond motifs is 5. The number of hydrogen-bond donors (Lipinski definition) is 2. The molecule has 2 heterocycles. The van der Waals surface area contributed by atoms with E-state index >= 15 is 0 Å². The van der Waals surface area contributed by atoms with Gasteiger partial charge in [-0.2, -0.15) is 4.98 Å². The van der Waals surface area contributed by atoms with E-state index < -0.39 is 68.4 Å². The number of benzene rings is 1. The number of amides is 2. The zero-order valence-electron chi connectivity index (χ0n) is 32.0. The van der Waals surface area contributed by atoms with Crippen molar-refractivity contribution in [3.05, 3.63) is 57.8 Å². The van der Waals surface area contributed by atoms with Crippen molar-refractivity contribution in [3.63, 3.8) is 0 Å². The standard InChI is InChI=1S/C42H51BrN4O9S/c1-2-26-23-42(26,40(52)46-57(53,54)29-15-16-29)45-38(50)33-21-28-20-32(33)37(49)31(24-9-5-6-10-24)22-36(48)56-35-13-8-12-25(35)11-4-3-7-18-47-39(51)30-17-14-27(43)19-34(30)44-41(47)55-28/h2-3,7,14,17,19,24-26,28-29,31-33,35H,1,4-6,8-13,15-16,18,20-23H2,(H,45,50)(H,46,52)/b7-3+/t25-,26-,28+,31+,32?,33-,35-,42-/m1/s1. The lowest BCUT2D eigenvalue weighted by Gasteiger charge is -2.29. The van der Waals surface area contributed by atoms with Gasteiger partial charge in [-0.1, -0.05) is 47.0 Å². The van der Waals surface area contributed by atoms with Crippen LogP contribution in [0.4, 0.5) is 0 Å². The van der Waals surface area contributed by atoms with E-state index in [1.165, 1.54) is 10.6 Å². The minimum atomic E-state index is -3.90. The fourth-order valence-electron chi connectivity index (χ4n) is 9.92. The molecule has 2 bridgehead atoms. The first-order chi connectivity index (χ1) is 27.4. The maximum atomic E-state index is 15.0. The fraction of sp³-hybridized carbons (Fsp3) is 0.619. The van der Waals surface area contributed by atoms with E-state index in [0.29, 0.717) is 23.7 Å². The third-order valence-corrected chi connectivity index (χ3v) is 15.7. The molecule has 1 unspecified atom stereocenters. The molecule has 1 aliphatic heterocycles. The maximum absolute atomic E-state index is 15.0. The van der Waals surface area contributed by atoms with Crippen LogP contribution in [0.3, 0.4) is 0 Å². The second-order valence-corrected chi connectivity index (χ2v) is 20.0. The molecule has 5 aliphatic carbocycles. The third kappa shape index (κ3) is 8.24. The molecular formula is C42H51BrN4O9S. The molecule has 2 N–H and O–H groups in total. The second-order valence-electron chi connectivity index (χ2n) is 17.1. The topological polar surface area (TPSA) is 180 Å². The van der Waals surface area contributed by atoms with Crippen molar-refractivity contribution in [2.75, 3.05) is 0 Å². The Bertz CT molecular complexity index is 2160. The summed E-state index contributed by atoms with van der Waals surface area (Å²) in [4.78, 5) is 75.6. The second kappa shape index (κ2) is 16.1. The molecule has 306 valence electrons. The molecule has 1 aromatic carbocycles. The van der Waals surface area contributed by atoms with E-state index in [1.54, 1.807) is 18.2 Å². The number of aromatic nitrogens is 2. The van der Waals surface area contributed by atoms with Gasteiger partial charge in [0.15, 0.2) is 0 Å². The van der Waals surface area contributed by atoms with Gasteiger partial charge in [-0.3, -0.25) is 33.3 Å². The lowest BCUT2D eigenvalue weighted by atomic mass is 9.76. The summed E-state index contributed by atoms with van der Waals surface area (Å²) >= 11 is 3.47. The number of carbonyl (C=O) groups is 4. The maximum Gasteiger partial charge on any atom is 0.306 e. The quantitative estimate of drug-likeness (QED) is 0.269. The largest absolute Gasteiger partial charge is 0.462 e. The van der Waals surface area contributed by atoms with Crippen molar-refractivity contribution in [2.24, 2.45) is 35.5 Å². The summed E-state index contributed by atoms with van der Waals surface area (Å²) < 4.78 is 42.7. The van der Waals surface area contributed by atoms with Gasteiger partial charge in [0.05, 0.1) is 28.5 Å². The molecule has 0 radical (unpaired) electrons. The summed E-state index contributed by atoms with van der Waals surface area (Å²) in [5, 5.41) is 2.66. The Labute approximate surface area is 341 Å². The first kappa shape index (κ1) is 40.0. The van der Waals surface area contributed by atoms with Crippen molar-refractivity contribution < 1.29 is 37.1 Å². The van der Waals surface area contributed by atoms with E-state index in [9.17, 15) is 32.4 Å². The van der Waals surface area contributed by atoms with Gasteiger partial charge in [0.1, 0.15) is 23.5 Å². The minimum Gasteiger partial charge on any atom is -0.462 e. The first-order valence-corrected chi connectivity index (χ1v) is 23.0. The zero-order valence-corrected chi connectivity index (χ0v) is 34.4. The fourth-order valence-corrected chi connectivity index (χ4v) is 11.6. The highest BCUT2D eigenvalue weighted by Crippen LogP contribution is 2.47. The SMILES string of the molecule is C=C[C@@H]1C[C@]1(NC(=O)[C@@H]1C[C@@H]2CC1C(=O)[C@H](C1CCCC1)CC(=O)O[C@@H]1CCC[C@H]1CC/C=C/Cn1c(nc3cc(Br)ccc3c1=O)O2)C(=O)NS(=O)(=O)C1CC1. The van der Waals surface area contributed by atoms with E-state index in [0.717, 1.165) is 62.3 Å². The predicted octanol–water partition coefficient (Wildman–Crippen LogP) is 5.43. The summed E-state index contributed by atoms with van der Waals surface area (Å²) in [6.45, 7) is 4.00. The molecule has 6 aliphatic rings. The molecule has 13 nitrogen and oxygen atoms in total. The summed E-state index contributed by atoms with van der Waals surface area (Å²) in [5.74, 6) is -4.91. The molecule has 0 saturated heterocycles. The Morgan fingerprint density at radius 2 is 1.72 bits per heavy atom. The number of nitrogens with zero attached hydrogens (tertiary/aromatic N) is 2. The first-order valence-electron chi connectivity index (χ1n) is 20.6. The molecule has 5 fully saturated rings. The lowest BCUT2D eigenvalue weighted by Crippen LogP contribution is -2.54. The lowest BCUT2D eigenvalue weighted by molar-refractivity contribution is -0.155. The Morgan fingerprint density at radius 3 is 2.46 bits per heavy atom. The predicted molar refractivity (Wildman–Crippen MR) is 214 cm³/mol. The Hall–Kier alpha value is -3.85. The number of rotatable bonds is 7. The van der Waals surface area contributed by atoms with Crippen molar-refractivity contribution in [1.82, 2.24) is 19.6 Å². The number of Topliss-reactive ketones (excluding diaryl/α,β-unsaturated/α-hetero) is 1. The molecule has 0 spiro atoms. The molecule has 8 atom stereocenters. The summed E-state index contributed by atoms with van der Waals surface area (Å²) in [6, 6.07) is 5.30. The van der Waals surface area contributed by atoms with Crippen LogP contribution in [0.25, 0.3) is 10.9 Å². The molecule has 2 amide bonds. The van der Waals surface area contributed by atoms with Crippen LogP contribution in [0, 0.1) is 35.5 Å². The highest BCUT2D eigenvalue weighted by Gasteiger charge is 2.62. The van der Waals surface area contributed by atoms with Crippen LogP contribution in [0.2, 0.25) is 0 Å². The number of ether oxygens (including phenoxy) is 2. The minimum absolute atomic E-state index is 0.0482. The number of sulfonamides is 1. The monoisotopic (exact) mass is 866 g/mol. The van der Waals surface area contributed by atoms with Crippen LogP contribution >= 0.6 is 15.9 Å². The van der Waals surface area contributed by atoms with Crippen LogP contribution in [-0.2, 0) is 40.5 Å². The Kier molecular flexibility index (Phi) is 11.3. The van der Waals surface area contributed by atoms with Gasteiger partial charge < -0.3 is 14.8 Å². The van der Waals surface area contributed by atoms with Crippen LogP contribution < -0.4 is 20.3 Å². The van der Waals surface area contributed by atoms with E-state index in [-0.39, 0.29) is 67.5 Å². The highest BCUT2D eigenvalue weighted by molar-refractivity contribution is 9.10. The molecule has 8 rings (SSSR count). The van der Waals surface area contributed by atoms with Crippen molar-refractivity contribution >= 4 is 60.4 Å². The molecular weight excluding hydrogens is 816 g/mol. The van der Waals surface area contributed by atoms with E-state index in [4.69, 9.17) is 14.5 Å². The van der Waals surface area contributed by atoms with Crippen molar-refractivity contribution in [1.29, 1.82) is 0 Å². The Balaban J connectivity index is 1.15. The summed E-state index contributed by atoms with van der Waals surface area (Å²) in [6.07, 6.45) is 13.4. The van der Waals surface area contributed by atoms with Gasteiger partial charge in [-0.05, 0) is 107 Å². The molecule has 5 saturated carbocycles. The molecule has 15 heteroatoms. The summed E-state index contributed by atoms with van der Waals surface area (Å²) in [5.41, 5.74) is -1.40. The van der Waals surface area contributed by atoms with Crippen molar-refractivity contribution in [2.45, 2.75) is 126 Å². The third-order valence-electron chi connectivity index (χ3n) is 13.4. The highest BCUT2D eigenvalue weighted by atomic mass is 79.9. The van der Waals surface area contributed by atoms with Gasteiger partial charge in [-0.25, -0.2) is 8.42 Å². The number of nitrogens with one attached hydrogen (secondary N) is 2. The average Bonchev–Trinajstić information content (AvgIpc) is 3.96. The number of allylic oxidation sites excluding steroid dienone is 2. The van der Waals surface area contributed by atoms with Crippen molar-refractivity contribution in [3.8, 4) is 6.01 Å². The van der Waals surface area contributed by atoms with Crippen LogP contribution in [0.5, 0.6) is 6.01 Å². The number of carbonyl (C=O) groups excluding carboxylic acids is 4. The van der Waals surface area contributed by atoms with Crippen LogP contribution in [0.1, 0.15) is 96.3 Å². The number of halogens is 1. The number of ketones is 1. The van der Waals surface area contributed by atoms with Gasteiger partial charge in [0, 0.05) is 28.8 Å². The average molecular weight is 868 g/mol. The van der Waals surface area contributed by atoms with E-state index in [1.807, 2.05) is 12.2 Å². The van der Waals surface area contributed by atoms with Crippen LogP contribution in [-0.4, -0.2) is 64.5 Å². The van der Waals surface area contributed by atoms with E-state index in [2.05, 4.69) is 32.5 Å². The Morgan fingerprint density at radius 1 is 0.947 bits per heavy atom. The van der Waals surface area contributed by atoms with Gasteiger partial charge in [0.2, 0.25) is 15.9 Å². The molecule has 1 aromatic heterocycles. The molecule has 2 aromatic rings. The van der Waals surface area contributed by atoms with Gasteiger partial charge >= 0.3 is 5.97 Å². The number of hydrogen-bond acceptors (Lipinski definition) is 10. The zero-order chi connectivity index (χ0) is 40.1. The number of esters is 1. The normalized spacial score (nSPS) is 32.9. The van der Waals surface area contributed by atoms with Gasteiger partial charge in [0.25, 0.3) is 17.5 Å². The molecule has 57 heavy (non-hydrogen) atoms. The smallest absolute Gasteiger partial charge is 0.306 e. The van der Waals surface area contributed by atoms with Gasteiger partial charge in [-0.15, -0.1) is 6.58 Å².